The number of rotatable bonds is 4. The fourth-order valence-electron chi connectivity index (χ4n) is 1.43. The summed E-state index contributed by atoms with van der Waals surface area (Å²) in [5, 5.41) is 2.76. The van der Waals surface area contributed by atoms with Crippen LogP contribution in [0.25, 0.3) is 0 Å². The van der Waals surface area contributed by atoms with Gasteiger partial charge in [0.05, 0.1) is 6.54 Å². The van der Waals surface area contributed by atoms with Crippen LogP contribution in [-0.4, -0.2) is 43.5 Å². The molecule has 0 fully saturated rings. The van der Waals surface area contributed by atoms with E-state index in [9.17, 15) is 4.79 Å². The number of nitrogens with one attached hydrogen (secondary N) is 1. The number of carbonyl (C=O) groups is 1. The van der Waals surface area contributed by atoms with Gasteiger partial charge in [-0.2, -0.15) is 0 Å². The molecule has 0 atom stereocenters. The molecule has 1 amide bonds. The van der Waals surface area contributed by atoms with Gasteiger partial charge in [-0.05, 0) is 13.3 Å². The number of amides is 1. The Bertz CT molecular complexity index is 225. The summed E-state index contributed by atoms with van der Waals surface area (Å²) in [4.78, 5) is 13.5. The summed E-state index contributed by atoms with van der Waals surface area (Å²) in [6, 6.07) is 0. The van der Waals surface area contributed by atoms with Gasteiger partial charge in [-0.25, -0.2) is 0 Å². The third-order valence-corrected chi connectivity index (χ3v) is 2.35. The molecule has 0 radical (unpaired) electrons. The van der Waals surface area contributed by atoms with E-state index in [-0.39, 0.29) is 5.91 Å². The van der Waals surface area contributed by atoms with E-state index in [0.29, 0.717) is 19.6 Å². The van der Waals surface area contributed by atoms with Crippen LogP contribution in [0.5, 0.6) is 0 Å². The smallest absolute Gasteiger partial charge is 0.234 e. The molecule has 1 rings (SSSR count). The fourth-order valence-corrected chi connectivity index (χ4v) is 1.43. The highest BCUT2D eigenvalue weighted by molar-refractivity contribution is 5.78. The zero-order valence-corrected chi connectivity index (χ0v) is 8.75. The van der Waals surface area contributed by atoms with Gasteiger partial charge in [-0.15, -0.1) is 0 Å². The lowest BCUT2D eigenvalue weighted by molar-refractivity contribution is -0.122. The van der Waals surface area contributed by atoms with Crippen LogP contribution < -0.4 is 11.1 Å². The number of hydrogen-bond acceptors (Lipinski definition) is 3. The maximum atomic E-state index is 11.3. The first-order valence-electron chi connectivity index (χ1n) is 5.07. The molecule has 0 bridgehead atoms. The molecule has 1 aliphatic heterocycles. The lowest BCUT2D eigenvalue weighted by atomic mass is 10.1. The molecule has 14 heavy (non-hydrogen) atoms. The Morgan fingerprint density at radius 3 is 3.07 bits per heavy atom. The van der Waals surface area contributed by atoms with Crippen molar-refractivity contribution < 1.29 is 4.79 Å². The third-order valence-electron chi connectivity index (χ3n) is 2.35. The second-order valence-corrected chi connectivity index (χ2v) is 3.67. The summed E-state index contributed by atoms with van der Waals surface area (Å²) in [5.74, 6) is 0.0726. The molecule has 0 aliphatic carbocycles. The van der Waals surface area contributed by atoms with Crippen molar-refractivity contribution in [2.24, 2.45) is 5.73 Å². The molecule has 0 saturated carbocycles. The Kier molecular flexibility index (Phi) is 4.62. The minimum Gasteiger partial charge on any atom is -0.354 e. The Morgan fingerprint density at radius 1 is 1.71 bits per heavy atom. The zero-order chi connectivity index (χ0) is 10.4. The molecule has 0 unspecified atom stereocenters. The lowest BCUT2D eigenvalue weighted by Gasteiger charge is -2.24. The summed E-state index contributed by atoms with van der Waals surface area (Å²) < 4.78 is 0. The van der Waals surface area contributed by atoms with Crippen LogP contribution in [0.3, 0.4) is 0 Å². The van der Waals surface area contributed by atoms with Crippen molar-refractivity contribution in [3.8, 4) is 0 Å². The predicted molar refractivity (Wildman–Crippen MR) is 56.9 cm³/mol. The van der Waals surface area contributed by atoms with Gasteiger partial charge in [0.15, 0.2) is 0 Å². The van der Waals surface area contributed by atoms with Gasteiger partial charge in [0, 0.05) is 26.2 Å². The summed E-state index contributed by atoms with van der Waals surface area (Å²) in [6.45, 7) is 5.57. The van der Waals surface area contributed by atoms with Crippen molar-refractivity contribution in [2.45, 2.75) is 13.3 Å². The van der Waals surface area contributed by atoms with Gasteiger partial charge in [-0.1, -0.05) is 11.6 Å². The molecular weight excluding hydrogens is 178 g/mol. The van der Waals surface area contributed by atoms with E-state index >= 15 is 0 Å². The van der Waals surface area contributed by atoms with E-state index in [0.717, 1.165) is 19.5 Å². The van der Waals surface area contributed by atoms with Crippen LogP contribution >= 0.6 is 0 Å². The number of carbonyl (C=O) groups excluding carboxylic acids is 1. The van der Waals surface area contributed by atoms with Gasteiger partial charge in [-0.3, -0.25) is 9.69 Å². The molecule has 3 N–H and O–H groups in total. The SMILES string of the molecule is CC1=CCN(CC(=O)NCCN)CC1. The summed E-state index contributed by atoms with van der Waals surface area (Å²) >= 11 is 0. The van der Waals surface area contributed by atoms with Crippen LogP contribution in [0.2, 0.25) is 0 Å². The van der Waals surface area contributed by atoms with Gasteiger partial charge in [0.1, 0.15) is 0 Å². The highest BCUT2D eigenvalue weighted by atomic mass is 16.2. The number of nitrogens with zero attached hydrogens (tertiary/aromatic N) is 1. The van der Waals surface area contributed by atoms with E-state index in [1.807, 2.05) is 0 Å². The van der Waals surface area contributed by atoms with Crippen molar-refractivity contribution in [1.82, 2.24) is 10.2 Å². The molecule has 1 heterocycles. The first-order valence-corrected chi connectivity index (χ1v) is 5.07. The Hall–Kier alpha value is -0.870. The van der Waals surface area contributed by atoms with Crippen molar-refractivity contribution in [3.63, 3.8) is 0 Å². The van der Waals surface area contributed by atoms with E-state index in [4.69, 9.17) is 5.73 Å². The molecule has 0 aromatic carbocycles. The second kappa shape index (κ2) is 5.78. The fraction of sp³-hybridized carbons (Fsp3) is 0.700. The van der Waals surface area contributed by atoms with Gasteiger partial charge in [0.2, 0.25) is 5.91 Å². The van der Waals surface area contributed by atoms with Crippen molar-refractivity contribution in [1.29, 1.82) is 0 Å². The maximum absolute atomic E-state index is 11.3. The first kappa shape index (κ1) is 11.2. The summed E-state index contributed by atoms with van der Waals surface area (Å²) in [7, 11) is 0. The second-order valence-electron chi connectivity index (χ2n) is 3.67. The highest BCUT2D eigenvalue weighted by Crippen LogP contribution is 2.08. The molecule has 4 nitrogen and oxygen atoms in total. The largest absolute Gasteiger partial charge is 0.354 e. The maximum Gasteiger partial charge on any atom is 0.234 e. The summed E-state index contributed by atoms with van der Waals surface area (Å²) in [5.41, 5.74) is 6.71. The Labute approximate surface area is 85.1 Å². The van der Waals surface area contributed by atoms with Gasteiger partial charge >= 0.3 is 0 Å². The minimum absolute atomic E-state index is 0.0726. The Balaban J connectivity index is 2.21. The standard InChI is InChI=1S/C10H19N3O/c1-9-2-6-13(7-3-9)8-10(14)12-5-4-11/h2H,3-8,11H2,1H3,(H,12,14). The first-order chi connectivity index (χ1) is 6.72. The monoisotopic (exact) mass is 197 g/mol. The molecule has 0 aromatic rings. The lowest BCUT2D eigenvalue weighted by Crippen LogP contribution is -2.40. The zero-order valence-electron chi connectivity index (χ0n) is 8.75. The number of nitrogens with two attached hydrogens (primary N) is 1. The molecule has 0 aromatic heterocycles. The van der Waals surface area contributed by atoms with Crippen LogP contribution in [0.1, 0.15) is 13.3 Å². The normalized spacial score (nSPS) is 17.7. The number of hydrogen-bond donors (Lipinski definition) is 2. The average molecular weight is 197 g/mol. The van der Waals surface area contributed by atoms with Crippen molar-refractivity contribution >= 4 is 5.91 Å². The van der Waals surface area contributed by atoms with Gasteiger partial charge in [0.25, 0.3) is 0 Å². The Morgan fingerprint density at radius 2 is 2.50 bits per heavy atom. The van der Waals surface area contributed by atoms with Crippen LogP contribution in [0, 0.1) is 0 Å². The van der Waals surface area contributed by atoms with E-state index in [2.05, 4.69) is 23.2 Å². The van der Waals surface area contributed by atoms with Gasteiger partial charge < -0.3 is 11.1 Å². The van der Waals surface area contributed by atoms with E-state index < -0.39 is 0 Å². The van der Waals surface area contributed by atoms with Crippen LogP contribution in [0.15, 0.2) is 11.6 Å². The molecule has 0 spiro atoms. The van der Waals surface area contributed by atoms with Crippen LogP contribution in [-0.2, 0) is 4.79 Å². The molecule has 80 valence electrons. The predicted octanol–water partition coefficient (Wildman–Crippen LogP) is -0.287. The molecule has 1 aliphatic rings. The molecule has 4 heteroatoms. The van der Waals surface area contributed by atoms with E-state index in [1.54, 1.807) is 0 Å². The quantitative estimate of drug-likeness (QED) is 0.609. The molecule has 0 saturated heterocycles. The summed E-state index contributed by atoms with van der Waals surface area (Å²) in [6.07, 6.45) is 3.25. The third kappa shape index (κ3) is 3.89. The van der Waals surface area contributed by atoms with E-state index in [1.165, 1.54) is 5.57 Å². The van der Waals surface area contributed by atoms with Crippen molar-refractivity contribution in [2.75, 3.05) is 32.7 Å². The van der Waals surface area contributed by atoms with Crippen molar-refractivity contribution in [3.05, 3.63) is 11.6 Å². The topological polar surface area (TPSA) is 58.4 Å². The highest BCUT2D eigenvalue weighted by Gasteiger charge is 2.12. The average Bonchev–Trinajstić information content (AvgIpc) is 2.18. The molecular formula is C10H19N3O. The minimum atomic E-state index is 0.0726. The van der Waals surface area contributed by atoms with Crippen LogP contribution in [0.4, 0.5) is 0 Å².